The molecular formula is C16H11NO4S. The van der Waals surface area contributed by atoms with Crippen LogP contribution in [0.2, 0.25) is 0 Å². The Kier molecular flexibility index (Phi) is 3.68. The van der Waals surface area contributed by atoms with Crippen molar-refractivity contribution in [3.8, 4) is 5.75 Å². The molecule has 0 unspecified atom stereocenters. The van der Waals surface area contributed by atoms with Crippen molar-refractivity contribution in [3.63, 3.8) is 0 Å². The molecule has 0 aromatic heterocycles. The Morgan fingerprint density at radius 3 is 2.23 bits per heavy atom. The van der Waals surface area contributed by atoms with Crippen LogP contribution in [0.1, 0.15) is 31.1 Å². The number of thioether (sulfide) groups is 1. The van der Waals surface area contributed by atoms with Crippen LogP contribution in [0.25, 0.3) is 0 Å². The smallest absolute Gasteiger partial charge is 0.262 e. The summed E-state index contributed by atoms with van der Waals surface area (Å²) >= 11 is 1.13. The van der Waals surface area contributed by atoms with Gasteiger partial charge < -0.3 is 5.11 Å². The maximum absolute atomic E-state index is 12.2. The summed E-state index contributed by atoms with van der Waals surface area (Å²) in [6.45, 7) is 0. The summed E-state index contributed by atoms with van der Waals surface area (Å²) in [4.78, 5) is 36.8. The molecule has 2 amide bonds. The van der Waals surface area contributed by atoms with E-state index in [1.165, 1.54) is 6.07 Å². The van der Waals surface area contributed by atoms with Gasteiger partial charge in [-0.3, -0.25) is 19.3 Å². The number of carbonyl (C=O) groups is 3. The van der Waals surface area contributed by atoms with Crippen LogP contribution in [0.3, 0.4) is 0 Å². The number of phenols is 1. The molecule has 1 N–H and O–H groups in total. The number of rotatable bonds is 4. The number of hydrogen-bond acceptors (Lipinski definition) is 5. The Balaban J connectivity index is 1.80. The van der Waals surface area contributed by atoms with E-state index in [2.05, 4.69) is 0 Å². The lowest BCUT2D eigenvalue weighted by Crippen LogP contribution is -2.29. The Bertz CT molecular complexity index is 752. The minimum atomic E-state index is -0.348. The number of imide groups is 1. The van der Waals surface area contributed by atoms with Crippen molar-refractivity contribution in [2.45, 2.75) is 4.90 Å². The second kappa shape index (κ2) is 5.65. The molecule has 0 atom stereocenters. The number of para-hydroxylation sites is 1. The van der Waals surface area contributed by atoms with Crippen molar-refractivity contribution in [2.75, 3.05) is 5.88 Å². The van der Waals surface area contributed by atoms with Gasteiger partial charge in [0.2, 0.25) is 0 Å². The van der Waals surface area contributed by atoms with Gasteiger partial charge in [-0.2, -0.15) is 0 Å². The zero-order valence-corrected chi connectivity index (χ0v) is 12.2. The molecule has 2 aromatic rings. The molecule has 2 aromatic carbocycles. The molecule has 1 aliphatic rings. The highest BCUT2D eigenvalue weighted by Gasteiger charge is 2.35. The molecule has 1 heterocycles. The Hall–Kier alpha value is -2.60. The SMILES string of the molecule is O=Cc1cccc(SCN2C(=O)c3ccccc3C2=O)c1O. The Morgan fingerprint density at radius 2 is 1.64 bits per heavy atom. The number of carbonyl (C=O) groups excluding carboxylic acids is 3. The van der Waals surface area contributed by atoms with Gasteiger partial charge in [-0.1, -0.05) is 30.0 Å². The van der Waals surface area contributed by atoms with Crippen LogP contribution in [0, 0.1) is 0 Å². The largest absolute Gasteiger partial charge is 0.506 e. The maximum Gasteiger partial charge on any atom is 0.262 e. The molecule has 0 aliphatic carbocycles. The Labute approximate surface area is 130 Å². The number of nitrogens with zero attached hydrogens (tertiary/aromatic N) is 1. The fraction of sp³-hybridized carbons (Fsp3) is 0.0625. The molecular weight excluding hydrogens is 302 g/mol. The van der Waals surface area contributed by atoms with E-state index in [0.717, 1.165) is 16.7 Å². The second-order valence-electron chi connectivity index (χ2n) is 4.67. The lowest BCUT2D eigenvalue weighted by Gasteiger charge is -2.14. The highest BCUT2D eigenvalue weighted by atomic mass is 32.2. The summed E-state index contributed by atoms with van der Waals surface area (Å²) in [5.74, 6) is -0.764. The molecule has 22 heavy (non-hydrogen) atoms. The molecule has 110 valence electrons. The third-order valence-electron chi connectivity index (χ3n) is 3.38. The highest BCUT2D eigenvalue weighted by Crippen LogP contribution is 2.33. The first kappa shape index (κ1) is 14.3. The lowest BCUT2D eigenvalue weighted by molar-refractivity contribution is 0.0683. The van der Waals surface area contributed by atoms with Crippen LogP contribution < -0.4 is 0 Å². The molecule has 3 rings (SSSR count). The van der Waals surface area contributed by atoms with Gasteiger partial charge in [-0.05, 0) is 24.3 Å². The summed E-state index contributed by atoms with van der Waals surface area (Å²) in [5, 5.41) is 9.93. The summed E-state index contributed by atoms with van der Waals surface area (Å²) in [7, 11) is 0. The van der Waals surface area contributed by atoms with Crippen LogP contribution in [0.5, 0.6) is 5.75 Å². The van der Waals surface area contributed by atoms with E-state index >= 15 is 0 Å². The van der Waals surface area contributed by atoms with E-state index in [-0.39, 0.29) is 29.0 Å². The van der Waals surface area contributed by atoms with Gasteiger partial charge in [0.15, 0.2) is 6.29 Å². The van der Waals surface area contributed by atoms with E-state index in [0.29, 0.717) is 22.3 Å². The van der Waals surface area contributed by atoms with E-state index < -0.39 is 0 Å². The van der Waals surface area contributed by atoms with Crippen molar-refractivity contribution < 1.29 is 19.5 Å². The van der Waals surface area contributed by atoms with Crippen LogP contribution in [0.4, 0.5) is 0 Å². The summed E-state index contributed by atoms with van der Waals surface area (Å²) in [6.07, 6.45) is 0.557. The fourth-order valence-electron chi connectivity index (χ4n) is 2.24. The molecule has 0 saturated carbocycles. The fourth-order valence-corrected chi connectivity index (χ4v) is 3.17. The third kappa shape index (κ3) is 2.27. The van der Waals surface area contributed by atoms with Crippen LogP contribution in [-0.2, 0) is 0 Å². The summed E-state index contributed by atoms with van der Waals surface area (Å²) < 4.78 is 0. The zero-order valence-electron chi connectivity index (χ0n) is 11.4. The van der Waals surface area contributed by atoms with Gasteiger partial charge in [-0.15, -0.1) is 0 Å². The molecule has 0 radical (unpaired) electrons. The highest BCUT2D eigenvalue weighted by molar-refractivity contribution is 7.99. The van der Waals surface area contributed by atoms with Crippen molar-refractivity contribution in [3.05, 3.63) is 59.2 Å². The van der Waals surface area contributed by atoms with Gasteiger partial charge in [0, 0.05) is 0 Å². The zero-order chi connectivity index (χ0) is 15.7. The van der Waals surface area contributed by atoms with Gasteiger partial charge in [0.1, 0.15) is 5.75 Å². The summed E-state index contributed by atoms with van der Waals surface area (Å²) in [5.41, 5.74) is 0.949. The van der Waals surface area contributed by atoms with Crippen molar-refractivity contribution in [1.29, 1.82) is 0 Å². The molecule has 0 fully saturated rings. The van der Waals surface area contributed by atoms with Crippen molar-refractivity contribution in [2.24, 2.45) is 0 Å². The third-order valence-corrected chi connectivity index (χ3v) is 4.41. The summed E-state index contributed by atoms with van der Waals surface area (Å²) in [6, 6.07) is 11.4. The van der Waals surface area contributed by atoms with Gasteiger partial charge in [0.05, 0.1) is 27.5 Å². The first-order valence-electron chi connectivity index (χ1n) is 6.48. The average molecular weight is 313 g/mol. The minimum absolute atomic E-state index is 0.0716. The number of benzene rings is 2. The molecule has 0 saturated heterocycles. The predicted octanol–water partition coefficient (Wildman–Crippen LogP) is 2.55. The minimum Gasteiger partial charge on any atom is -0.506 e. The molecule has 5 nitrogen and oxygen atoms in total. The monoisotopic (exact) mass is 313 g/mol. The first-order valence-corrected chi connectivity index (χ1v) is 7.47. The van der Waals surface area contributed by atoms with Crippen molar-refractivity contribution in [1.82, 2.24) is 4.90 Å². The van der Waals surface area contributed by atoms with Crippen LogP contribution in [-0.4, -0.2) is 34.0 Å². The number of fused-ring (bicyclic) bond motifs is 1. The Morgan fingerprint density at radius 1 is 1.00 bits per heavy atom. The maximum atomic E-state index is 12.2. The molecule has 0 spiro atoms. The first-order chi connectivity index (χ1) is 10.6. The van der Waals surface area contributed by atoms with Gasteiger partial charge in [0.25, 0.3) is 11.8 Å². The van der Waals surface area contributed by atoms with E-state index in [1.807, 2.05) is 0 Å². The second-order valence-corrected chi connectivity index (χ2v) is 5.66. The van der Waals surface area contributed by atoms with Gasteiger partial charge in [-0.25, -0.2) is 0 Å². The molecule has 1 aliphatic heterocycles. The molecule has 0 bridgehead atoms. The number of aldehydes is 1. The topological polar surface area (TPSA) is 74.7 Å². The average Bonchev–Trinajstić information content (AvgIpc) is 2.79. The molecule has 6 heteroatoms. The van der Waals surface area contributed by atoms with Gasteiger partial charge >= 0.3 is 0 Å². The van der Waals surface area contributed by atoms with E-state index in [9.17, 15) is 19.5 Å². The standard InChI is InChI=1S/C16H11NO4S/c18-8-10-4-3-7-13(14(10)19)22-9-17-15(20)11-5-1-2-6-12(11)16(17)21/h1-8,19H,9H2. The predicted molar refractivity (Wildman–Crippen MR) is 81.2 cm³/mol. The van der Waals surface area contributed by atoms with Crippen molar-refractivity contribution >= 4 is 29.9 Å². The normalized spacial score (nSPS) is 13.4. The number of phenolic OH excluding ortho intramolecular Hbond substituents is 1. The number of aromatic hydroxyl groups is 1. The number of amides is 2. The van der Waals surface area contributed by atoms with E-state index in [1.54, 1.807) is 36.4 Å². The van der Waals surface area contributed by atoms with E-state index in [4.69, 9.17) is 0 Å². The quantitative estimate of drug-likeness (QED) is 0.533. The lowest BCUT2D eigenvalue weighted by atomic mass is 10.1. The van der Waals surface area contributed by atoms with Crippen LogP contribution >= 0.6 is 11.8 Å². The van der Waals surface area contributed by atoms with Crippen LogP contribution in [0.15, 0.2) is 47.4 Å². The number of hydrogen-bond donors (Lipinski definition) is 1.